The van der Waals surface area contributed by atoms with Crippen LogP contribution in [-0.4, -0.2) is 36.9 Å². The highest BCUT2D eigenvalue weighted by atomic mass is 32.2. The molecule has 0 fully saturated rings. The van der Waals surface area contributed by atoms with E-state index < -0.39 is 5.54 Å². The summed E-state index contributed by atoms with van der Waals surface area (Å²) in [7, 11) is 0. The number of carbonyl (C=O) groups excluding carboxylic acids is 1. The molecule has 1 N–H and O–H groups in total. The van der Waals surface area contributed by atoms with Crippen LogP contribution in [0.4, 0.5) is 0 Å². The summed E-state index contributed by atoms with van der Waals surface area (Å²) >= 11 is 1.33. The Labute approximate surface area is 158 Å². The zero-order chi connectivity index (χ0) is 19.2. The van der Waals surface area contributed by atoms with Gasteiger partial charge in [-0.15, -0.1) is 10.2 Å². The molecule has 0 unspecified atom stereocenters. The van der Waals surface area contributed by atoms with Gasteiger partial charge in [-0.1, -0.05) is 32.5 Å². The lowest BCUT2D eigenvalue weighted by Crippen LogP contribution is -2.49. The second kappa shape index (κ2) is 8.81. The first-order valence-corrected chi connectivity index (χ1v) is 9.58. The predicted molar refractivity (Wildman–Crippen MR) is 101 cm³/mol. The Balaban J connectivity index is 2.12. The first kappa shape index (κ1) is 19.9. The average molecular weight is 372 g/mol. The van der Waals surface area contributed by atoms with Gasteiger partial charge in [0.2, 0.25) is 5.91 Å². The molecule has 0 radical (unpaired) electrons. The topological polar surface area (TPSA) is 96.5 Å². The first-order chi connectivity index (χ1) is 12.4. The van der Waals surface area contributed by atoms with Gasteiger partial charge in [-0.2, -0.15) is 5.26 Å². The molecule has 0 spiro atoms. The molecule has 26 heavy (non-hydrogen) atoms. The van der Waals surface area contributed by atoms with Crippen LogP contribution < -0.4 is 5.32 Å². The quantitative estimate of drug-likeness (QED) is 0.716. The lowest BCUT2D eigenvalue weighted by atomic mass is 9.90. The minimum atomic E-state index is -0.878. The number of nitrogens with one attached hydrogen (secondary N) is 1. The highest BCUT2D eigenvalue weighted by molar-refractivity contribution is 7.99. The van der Waals surface area contributed by atoms with E-state index in [-0.39, 0.29) is 17.6 Å². The molecule has 0 aromatic carbocycles. The fraction of sp³-hybridized carbons (Fsp3) is 0.500. The summed E-state index contributed by atoms with van der Waals surface area (Å²) in [6, 6.07) is 5.96. The molecule has 0 aliphatic rings. The summed E-state index contributed by atoms with van der Waals surface area (Å²) in [5, 5.41) is 21.4. The largest absolute Gasteiger partial charge is 0.337 e. The van der Waals surface area contributed by atoms with Crippen molar-refractivity contribution in [3.63, 3.8) is 0 Å². The van der Waals surface area contributed by atoms with Crippen LogP contribution in [-0.2, 0) is 11.3 Å². The maximum absolute atomic E-state index is 12.3. The van der Waals surface area contributed by atoms with Crippen LogP contribution in [0.15, 0.2) is 29.7 Å². The van der Waals surface area contributed by atoms with Gasteiger partial charge in [-0.05, 0) is 31.4 Å². The standard InChI is InChI=1S/C18H24N6OS/c1-5-10-24-16(14-6-8-20-9-7-14)22-23-17(24)26-11-15(25)21-18(4,12-19)13(2)3/h6-9,13H,5,10-11H2,1-4H3,(H,21,25)/t18-/m0/s1. The van der Waals surface area contributed by atoms with Crippen LogP contribution in [0.3, 0.4) is 0 Å². The highest BCUT2D eigenvalue weighted by Crippen LogP contribution is 2.24. The van der Waals surface area contributed by atoms with Gasteiger partial charge in [0.25, 0.3) is 0 Å². The van der Waals surface area contributed by atoms with E-state index in [1.165, 1.54) is 11.8 Å². The van der Waals surface area contributed by atoms with Gasteiger partial charge < -0.3 is 9.88 Å². The van der Waals surface area contributed by atoms with Crippen LogP contribution in [0, 0.1) is 17.2 Å². The summed E-state index contributed by atoms with van der Waals surface area (Å²) in [5.41, 5.74) is 0.0610. The molecule has 0 saturated carbocycles. The van der Waals surface area contributed by atoms with Crippen LogP contribution in [0.25, 0.3) is 11.4 Å². The fourth-order valence-corrected chi connectivity index (χ4v) is 3.06. The molecule has 0 aliphatic carbocycles. The Kier molecular flexibility index (Phi) is 6.75. The van der Waals surface area contributed by atoms with Crippen molar-refractivity contribution < 1.29 is 4.79 Å². The third-order valence-electron chi connectivity index (χ3n) is 4.22. The highest BCUT2D eigenvalue weighted by Gasteiger charge is 2.30. The van der Waals surface area contributed by atoms with E-state index in [0.717, 1.165) is 24.4 Å². The number of thioether (sulfide) groups is 1. The Morgan fingerprint density at radius 2 is 2.08 bits per heavy atom. The van der Waals surface area contributed by atoms with E-state index in [1.807, 2.05) is 30.5 Å². The van der Waals surface area contributed by atoms with Gasteiger partial charge in [0, 0.05) is 24.5 Å². The van der Waals surface area contributed by atoms with Crippen molar-refractivity contribution in [3.05, 3.63) is 24.5 Å². The van der Waals surface area contributed by atoms with E-state index >= 15 is 0 Å². The van der Waals surface area contributed by atoms with Gasteiger partial charge in [0.15, 0.2) is 11.0 Å². The van der Waals surface area contributed by atoms with Gasteiger partial charge in [-0.3, -0.25) is 9.78 Å². The van der Waals surface area contributed by atoms with Crippen molar-refractivity contribution in [1.82, 2.24) is 25.1 Å². The van der Waals surface area contributed by atoms with Crippen molar-refractivity contribution in [1.29, 1.82) is 5.26 Å². The molecular formula is C18H24N6OS. The number of rotatable bonds is 8. The van der Waals surface area contributed by atoms with Crippen molar-refractivity contribution in [2.75, 3.05) is 5.75 Å². The van der Waals surface area contributed by atoms with Crippen LogP contribution in [0.2, 0.25) is 0 Å². The van der Waals surface area contributed by atoms with Crippen molar-refractivity contribution in [3.8, 4) is 17.5 Å². The zero-order valence-electron chi connectivity index (χ0n) is 15.6. The van der Waals surface area contributed by atoms with Crippen LogP contribution in [0.5, 0.6) is 0 Å². The molecule has 7 nitrogen and oxygen atoms in total. The lowest BCUT2D eigenvalue weighted by Gasteiger charge is -2.27. The number of nitriles is 1. The molecule has 0 saturated heterocycles. The molecule has 2 heterocycles. The van der Waals surface area contributed by atoms with Crippen LogP contribution >= 0.6 is 11.8 Å². The Hall–Kier alpha value is -2.40. The predicted octanol–water partition coefficient (Wildman–Crippen LogP) is 2.90. The summed E-state index contributed by atoms with van der Waals surface area (Å²) in [6.07, 6.45) is 4.36. The number of aromatic nitrogens is 4. The second-order valence-corrected chi connectivity index (χ2v) is 7.44. The summed E-state index contributed by atoms with van der Waals surface area (Å²) < 4.78 is 2.01. The molecule has 138 valence electrons. The molecule has 2 aromatic heterocycles. The zero-order valence-corrected chi connectivity index (χ0v) is 16.4. The third-order valence-corrected chi connectivity index (χ3v) is 5.19. The minimum Gasteiger partial charge on any atom is -0.337 e. The Bertz CT molecular complexity index is 783. The van der Waals surface area contributed by atoms with E-state index in [4.69, 9.17) is 0 Å². The molecular weight excluding hydrogens is 348 g/mol. The first-order valence-electron chi connectivity index (χ1n) is 8.60. The van der Waals surface area contributed by atoms with Gasteiger partial charge in [-0.25, -0.2) is 0 Å². The Morgan fingerprint density at radius 1 is 1.38 bits per heavy atom. The van der Waals surface area contributed by atoms with E-state index in [9.17, 15) is 10.1 Å². The van der Waals surface area contributed by atoms with Gasteiger partial charge in [0.05, 0.1) is 11.8 Å². The maximum Gasteiger partial charge on any atom is 0.231 e. The molecule has 1 atom stereocenters. The molecule has 2 aromatic rings. The molecule has 0 aliphatic heterocycles. The van der Waals surface area contributed by atoms with E-state index in [0.29, 0.717) is 5.16 Å². The lowest BCUT2D eigenvalue weighted by molar-refractivity contribution is -0.120. The third kappa shape index (κ3) is 4.61. The SMILES string of the molecule is CCCn1c(SCC(=O)N[C@@](C)(C#N)C(C)C)nnc1-c1ccncc1. The number of pyridine rings is 1. The number of hydrogen-bond acceptors (Lipinski definition) is 6. The second-order valence-electron chi connectivity index (χ2n) is 6.50. The number of hydrogen-bond donors (Lipinski definition) is 1. The summed E-state index contributed by atoms with van der Waals surface area (Å²) in [6.45, 7) is 8.40. The maximum atomic E-state index is 12.3. The van der Waals surface area contributed by atoms with Crippen molar-refractivity contribution >= 4 is 17.7 Å². The molecule has 2 rings (SSSR count). The van der Waals surface area contributed by atoms with E-state index in [1.54, 1.807) is 19.3 Å². The molecule has 8 heteroatoms. The average Bonchev–Trinajstić information content (AvgIpc) is 3.03. The molecule has 0 bridgehead atoms. The summed E-state index contributed by atoms with van der Waals surface area (Å²) in [4.78, 5) is 16.3. The minimum absolute atomic E-state index is 0.0171. The summed E-state index contributed by atoms with van der Waals surface area (Å²) in [5.74, 6) is 0.774. The van der Waals surface area contributed by atoms with Gasteiger partial charge in [0.1, 0.15) is 5.54 Å². The monoisotopic (exact) mass is 372 g/mol. The smallest absolute Gasteiger partial charge is 0.231 e. The number of carbonyl (C=O) groups is 1. The number of amides is 1. The van der Waals surface area contributed by atoms with E-state index in [2.05, 4.69) is 33.5 Å². The van der Waals surface area contributed by atoms with Gasteiger partial charge >= 0.3 is 0 Å². The number of nitrogens with zero attached hydrogens (tertiary/aromatic N) is 5. The van der Waals surface area contributed by atoms with Crippen molar-refractivity contribution in [2.24, 2.45) is 5.92 Å². The Morgan fingerprint density at radius 3 is 2.65 bits per heavy atom. The molecule has 1 amide bonds. The van der Waals surface area contributed by atoms with Crippen LogP contribution in [0.1, 0.15) is 34.1 Å². The van der Waals surface area contributed by atoms with Crippen molar-refractivity contribution in [2.45, 2.75) is 51.4 Å². The fourth-order valence-electron chi connectivity index (χ4n) is 2.29. The normalized spacial score (nSPS) is 13.2.